The number of hydrogen-bond acceptors (Lipinski definition) is 5. The molecule has 1 aromatic heterocycles. The number of para-hydroxylation sites is 1. The van der Waals surface area contributed by atoms with Gasteiger partial charge >= 0.3 is 0 Å². The van der Waals surface area contributed by atoms with Crippen LogP contribution in [0.25, 0.3) is 0 Å². The van der Waals surface area contributed by atoms with Crippen LogP contribution in [-0.4, -0.2) is 26.8 Å². The minimum atomic E-state index is -0.537. The van der Waals surface area contributed by atoms with Crippen LogP contribution < -0.4 is 16.4 Å². The number of rotatable bonds is 6. The molecule has 8 nitrogen and oxygen atoms in total. The summed E-state index contributed by atoms with van der Waals surface area (Å²) >= 11 is 6.07. The SMILES string of the molecule is CCc1ccccc1NC(=O)Cn1nnc(C(=O)Nc2ccc(C)c(Cl)c2)c1N. The third-order valence-corrected chi connectivity index (χ3v) is 4.79. The molecule has 0 aliphatic heterocycles. The van der Waals surface area contributed by atoms with Gasteiger partial charge in [0, 0.05) is 16.4 Å². The van der Waals surface area contributed by atoms with Crippen molar-refractivity contribution in [3.05, 3.63) is 64.3 Å². The van der Waals surface area contributed by atoms with E-state index in [0.717, 1.165) is 23.2 Å². The molecule has 1 heterocycles. The molecule has 29 heavy (non-hydrogen) atoms. The lowest BCUT2D eigenvalue weighted by atomic mass is 10.1. The Morgan fingerprint density at radius 2 is 1.93 bits per heavy atom. The largest absolute Gasteiger partial charge is 0.382 e. The summed E-state index contributed by atoms with van der Waals surface area (Å²) in [6, 6.07) is 12.7. The van der Waals surface area contributed by atoms with E-state index >= 15 is 0 Å². The summed E-state index contributed by atoms with van der Waals surface area (Å²) in [6.45, 7) is 3.70. The van der Waals surface area contributed by atoms with Gasteiger partial charge in [-0.3, -0.25) is 9.59 Å². The maximum Gasteiger partial charge on any atom is 0.280 e. The Labute approximate surface area is 173 Å². The van der Waals surface area contributed by atoms with Crippen molar-refractivity contribution in [2.24, 2.45) is 0 Å². The molecule has 150 valence electrons. The molecule has 2 aromatic carbocycles. The van der Waals surface area contributed by atoms with Crippen LogP contribution in [0.1, 0.15) is 28.5 Å². The molecule has 0 aliphatic rings. The molecule has 2 amide bonds. The molecular formula is C20H21ClN6O2. The van der Waals surface area contributed by atoms with E-state index < -0.39 is 5.91 Å². The number of halogens is 1. The Hall–Kier alpha value is -3.39. The third-order valence-electron chi connectivity index (χ3n) is 4.38. The van der Waals surface area contributed by atoms with E-state index in [2.05, 4.69) is 20.9 Å². The van der Waals surface area contributed by atoms with Gasteiger partial charge in [-0.25, -0.2) is 4.68 Å². The first-order valence-corrected chi connectivity index (χ1v) is 9.41. The molecule has 0 radical (unpaired) electrons. The molecular weight excluding hydrogens is 392 g/mol. The quantitative estimate of drug-likeness (QED) is 0.574. The summed E-state index contributed by atoms with van der Waals surface area (Å²) in [5, 5.41) is 13.7. The van der Waals surface area contributed by atoms with Crippen LogP contribution in [0.4, 0.5) is 17.2 Å². The Bertz CT molecular complexity index is 1060. The number of nitrogens with one attached hydrogen (secondary N) is 2. The molecule has 0 fully saturated rings. The van der Waals surface area contributed by atoms with Crippen molar-refractivity contribution in [2.45, 2.75) is 26.8 Å². The van der Waals surface area contributed by atoms with Gasteiger partial charge in [0.05, 0.1) is 0 Å². The van der Waals surface area contributed by atoms with Crippen molar-refractivity contribution in [3.8, 4) is 0 Å². The lowest BCUT2D eigenvalue weighted by Crippen LogP contribution is -2.22. The summed E-state index contributed by atoms with van der Waals surface area (Å²) in [7, 11) is 0. The number of aromatic nitrogens is 3. The monoisotopic (exact) mass is 412 g/mol. The second-order valence-electron chi connectivity index (χ2n) is 6.46. The summed E-state index contributed by atoms with van der Waals surface area (Å²) in [4.78, 5) is 24.8. The lowest BCUT2D eigenvalue weighted by Gasteiger charge is -2.10. The van der Waals surface area contributed by atoms with E-state index in [4.69, 9.17) is 17.3 Å². The number of amides is 2. The Balaban J connectivity index is 1.69. The number of nitrogen functional groups attached to an aromatic ring is 1. The van der Waals surface area contributed by atoms with Crippen LogP contribution in [0.5, 0.6) is 0 Å². The van der Waals surface area contributed by atoms with E-state index in [1.165, 1.54) is 4.68 Å². The van der Waals surface area contributed by atoms with E-state index in [-0.39, 0.29) is 24.0 Å². The number of hydrogen-bond donors (Lipinski definition) is 3. The van der Waals surface area contributed by atoms with Crippen molar-refractivity contribution < 1.29 is 9.59 Å². The van der Waals surface area contributed by atoms with Gasteiger partial charge in [-0.05, 0) is 42.7 Å². The van der Waals surface area contributed by atoms with Crippen molar-refractivity contribution in [1.82, 2.24) is 15.0 Å². The Morgan fingerprint density at radius 1 is 1.17 bits per heavy atom. The van der Waals surface area contributed by atoms with E-state index in [1.54, 1.807) is 18.2 Å². The van der Waals surface area contributed by atoms with Gasteiger partial charge in [0.25, 0.3) is 5.91 Å². The van der Waals surface area contributed by atoms with Crippen LogP contribution in [0, 0.1) is 6.92 Å². The van der Waals surface area contributed by atoms with Crippen molar-refractivity contribution in [2.75, 3.05) is 16.4 Å². The average Bonchev–Trinajstić information content (AvgIpc) is 3.05. The smallest absolute Gasteiger partial charge is 0.280 e. The Morgan fingerprint density at radius 3 is 2.66 bits per heavy atom. The van der Waals surface area contributed by atoms with Gasteiger partial charge in [-0.2, -0.15) is 0 Å². The first-order chi connectivity index (χ1) is 13.9. The van der Waals surface area contributed by atoms with Gasteiger partial charge in [0.2, 0.25) is 5.91 Å². The van der Waals surface area contributed by atoms with Gasteiger partial charge < -0.3 is 16.4 Å². The fraction of sp³-hybridized carbons (Fsp3) is 0.200. The second-order valence-corrected chi connectivity index (χ2v) is 6.87. The van der Waals surface area contributed by atoms with Crippen LogP contribution in [0.15, 0.2) is 42.5 Å². The Kier molecular flexibility index (Phi) is 6.13. The molecule has 0 aliphatic carbocycles. The zero-order valence-electron chi connectivity index (χ0n) is 16.1. The summed E-state index contributed by atoms with van der Waals surface area (Å²) in [5.74, 6) is -0.857. The fourth-order valence-electron chi connectivity index (χ4n) is 2.74. The number of aryl methyl sites for hydroxylation is 2. The molecule has 0 saturated carbocycles. The van der Waals surface area contributed by atoms with Crippen LogP contribution in [0.2, 0.25) is 5.02 Å². The van der Waals surface area contributed by atoms with Crippen molar-refractivity contribution in [1.29, 1.82) is 0 Å². The van der Waals surface area contributed by atoms with Gasteiger partial charge in [0.15, 0.2) is 11.5 Å². The number of carbonyl (C=O) groups is 2. The first kappa shape index (κ1) is 20.3. The molecule has 0 spiro atoms. The van der Waals surface area contributed by atoms with Gasteiger partial charge in [-0.1, -0.05) is 48.0 Å². The first-order valence-electron chi connectivity index (χ1n) is 9.03. The van der Waals surface area contributed by atoms with Crippen molar-refractivity contribution >= 4 is 40.6 Å². The van der Waals surface area contributed by atoms with Crippen LogP contribution >= 0.6 is 11.6 Å². The summed E-state index contributed by atoms with van der Waals surface area (Å²) < 4.78 is 1.18. The number of carbonyl (C=O) groups excluding carboxylic acids is 2. The zero-order chi connectivity index (χ0) is 21.0. The highest BCUT2D eigenvalue weighted by Gasteiger charge is 2.19. The zero-order valence-corrected chi connectivity index (χ0v) is 16.8. The highest BCUT2D eigenvalue weighted by molar-refractivity contribution is 6.31. The maximum atomic E-state index is 12.5. The number of nitrogens with two attached hydrogens (primary N) is 1. The minimum Gasteiger partial charge on any atom is -0.382 e. The van der Waals surface area contributed by atoms with Crippen molar-refractivity contribution in [3.63, 3.8) is 0 Å². The van der Waals surface area contributed by atoms with E-state index in [0.29, 0.717) is 10.7 Å². The van der Waals surface area contributed by atoms with E-state index in [1.807, 2.05) is 38.1 Å². The molecule has 0 atom stereocenters. The molecule has 0 saturated heterocycles. The highest BCUT2D eigenvalue weighted by Crippen LogP contribution is 2.21. The van der Waals surface area contributed by atoms with Crippen LogP contribution in [0.3, 0.4) is 0 Å². The minimum absolute atomic E-state index is 0.000338. The van der Waals surface area contributed by atoms with Crippen LogP contribution in [-0.2, 0) is 17.8 Å². The third kappa shape index (κ3) is 4.72. The molecule has 9 heteroatoms. The topological polar surface area (TPSA) is 115 Å². The predicted molar refractivity (Wildman–Crippen MR) is 113 cm³/mol. The van der Waals surface area contributed by atoms with E-state index in [9.17, 15) is 9.59 Å². The second kappa shape index (κ2) is 8.74. The normalized spacial score (nSPS) is 10.6. The highest BCUT2D eigenvalue weighted by atomic mass is 35.5. The molecule has 0 unspecified atom stereocenters. The van der Waals surface area contributed by atoms with Gasteiger partial charge in [-0.15, -0.1) is 5.10 Å². The maximum absolute atomic E-state index is 12.5. The summed E-state index contributed by atoms with van der Waals surface area (Å²) in [6.07, 6.45) is 0.787. The standard InChI is InChI=1S/C20H21ClN6O2/c1-3-13-6-4-5-7-16(13)24-17(28)11-27-19(22)18(25-26-27)20(29)23-14-9-8-12(2)15(21)10-14/h4-10H,3,11,22H2,1-2H3,(H,23,29)(H,24,28). The fourth-order valence-corrected chi connectivity index (χ4v) is 2.92. The average molecular weight is 413 g/mol. The molecule has 3 aromatic rings. The molecule has 3 rings (SSSR count). The predicted octanol–water partition coefficient (Wildman–Crippen LogP) is 3.28. The number of anilines is 3. The number of benzene rings is 2. The number of nitrogens with zero attached hydrogens (tertiary/aromatic N) is 3. The summed E-state index contributed by atoms with van der Waals surface area (Å²) in [5.41, 5.74) is 9.06. The molecule has 0 bridgehead atoms. The van der Waals surface area contributed by atoms with Gasteiger partial charge in [0.1, 0.15) is 6.54 Å². The lowest BCUT2D eigenvalue weighted by molar-refractivity contribution is -0.116. The molecule has 4 N–H and O–H groups in total.